The number of thioether (sulfide) groups is 1. The molecule has 0 radical (unpaired) electrons. The van der Waals surface area contributed by atoms with E-state index < -0.39 is 84.6 Å². The van der Waals surface area contributed by atoms with E-state index >= 15 is 0 Å². The van der Waals surface area contributed by atoms with E-state index in [1.54, 1.807) is 6.08 Å². The molecule has 0 aromatic carbocycles. The van der Waals surface area contributed by atoms with Crippen LogP contribution in [0.1, 0.15) is 39.3 Å². The molecule has 2 aromatic heterocycles. The van der Waals surface area contributed by atoms with Crippen molar-refractivity contribution in [2.75, 3.05) is 37.8 Å². The molecule has 7 atom stereocenters. The number of aliphatic hydroxyl groups is 2. The minimum atomic E-state index is -5.58. The monoisotopic (exact) mass is 877 g/mol. The first-order valence-corrected chi connectivity index (χ1v) is 21.7. The van der Waals surface area contributed by atoms with Gasteiger partial charge in [0, 0.05) is 37.1 Å². The van der Waals surface area contributed by atoms with Crippen molar-refractivity contribution in [1.29, 1.82) is 0 Å². The van der Waals surface area contributed by atoms with Crippen LogP contribution in [0.3, 0.4) is 0 Å². The molecule has 3 rings (SSSR count). The highest BCUT2D eigenvalue weighted by molar-refractivity contribution is 8.13. The highest BCUT2D eigenvalue weighted by Crippen LogP contribution is 2.61. The topological polar surface area (TPSA) is 381 Å². The van der Waals surface area contributed by atoms with Gasteiger partial charge in [-0.1, -0.05) is 31.7 Å². The van der Waals surface area contributed by atoms with Gasteiger partial charge in [0.25, 0.3) is 0 Å². The number of phosphoric acid groups is 3. The molecule has 1 saturated heterocycles. The summed E-state index contributed by atoms with van der Waals surface area (Å²) in [6, 6.07) is 0. The van der Waals surface area contributed by atoms with Crippen molar-refractivity contribution in [2.45, 2.75) is 63.8 Å². The molecule has 314 valence electrons. The Balaban J connectivity index is 1.47. The summed E-state index contributed by atoms with van der Waals surface area (Å²) >= 11 is 1.01. The zero-order valence-corrected chi connectivity index (χ0v) is 33.1. The first kappa shape index (κ1) is 47.3. The normalized spacial score (nSPS) is 21.7. The minimum Gasteiger partial charge on any atom is -0.386 e. The first-order valence-electron chi connectivity index (χ1n) is 16.2. The summed E-state index contributed by atoms with van der Waals surface area (Å²) in [5.74, 6) is -1.21. The van der Waals surface area contributed by atoms with Crippen molar-refractivity contribution in [3.05, 3.63) is 24.8 Å². The molecule has 2 unspecified atom stereocenters. The van der Waals surface area contributed by atoms with Gasteiger partial charge < -0.3 is 50.9 Å². The number of allylic oxidation sites excluding steroid dienone is 2. The lowest BCUT2D eigenvalue weighted by Gasteiger charge is -2.30. The molecular weight excluding hydrogens is 835 g/mol. The highest BCUT2D eigenvalue weighted by Gasteiger charge is 2.50. The number of nitrogens with two attached hydrogens (primary N) is 1. The predicted molar refractivity (Wildman–Crippen MR) is 192 cm³/mol. The molecule has 2 aromatic rings. The van der Waals surface area contributed by atoms with Gasteiger partial charge in [-0.3, -0.25) is 37.3 Å². The van der Waals surface area contributed by atoms with Gasteiger partial charge in [0.2, 0.25) is 11.8 Å². The van der Waals surface area contributed by atoms with Crippen molar-refractivity contribution < 1.29 is 85.3 Å². The first-order chi connectivity index (χ1) is 26.1. The van der Waals surface area contributed by atoms with Crippen LogP contribution in [0.2, 0.25) is 0 Å². The number of nitrogen functional groups attached to an aromatic ring is 1. The molecule has 2 amide bonds. The van der Waals surface area contributed by atoms with Gasteiger partial charge in [0.05, 0.1) is 19.5 Å². The average Bonchev–Trinajstić information content (AvgIpc) is 3.66. The Hall–Kier alpha value is -3.03. The molecule has 56 heavy (non-hydrogen) atoms. The fraction of sp³-hybridized carbons (Fsp3) is 0.593. The largest absolute Gasteiger partial charge is 0.481 e. The number of aromatic nitrogens is 4. The van der Waals surface area contributed by atoms with Crippen LogP contribution in [-0.2, 0) is 55.5 Å². The molecule has 0 aliphatic carbocycles. The van der Waals surface area contributed by atoms with Gasteiger partial charge in [0.1, 0.15) is 42.5 Å². The van der Waals surface area contributed by atoms with Crippen LogP contribution in [0.15, 0.2) is 24.8 Å². The Morgan fingerprint density at radius 3 is 2.45 bits per heavy atom. The van der Waals surface area contributed by atoms with Gasteiger partial charge in [-0.15, -0.1) is 0 Å². The fourth-order valence-electron chi connectivity index (χ4n) is 4.72. The number of ether oxygens (including phenoxy) is 1. The van der Waals surface area contributed by atoms with Crippen molar-refractivity contribution in [2.24, 2.45) is 5.41 Å². The molecular formula is C27H42N7O18P3S. The fourth-order valence-corrected chi connectivity index (χ4v) is 8.24. The Labute approximate surface area is 322 Å². The quantitative estimate of drug-likeness (QED) is 0.0285. The molecule has 1 fully saturated rings. The van der Waals surface area contributed by atoms with Crippen LogP contribution in [0.4, 0.5) is 5.82 Å². The number of hydrogen-bond donors (Lipinski definition) is 9. The molecule has 1 aliphatic rings. The molecule has 10 N–H and O–H groups in total. The number of aldehydes is 1. The standard InChI is InChI=1S/C27H42N7O18P3S/c1-27(2,22(39)25(40)30-8-7-17(36)29-9-11-56-18(37)6-4-3-5-10-35)13-49-55(46,47)52-54(44,45)48-12-16-21(51-53(41,42)43)20(38)26(50-16)34-15-33-19-23(28)31-14-32-24(19)34/h3,5,10,14-16,20-22,26,38-39H,4,6-9,11-13H2,1-2H3,(H,29,36)(H,30,40)(H,44,45)(H,46,47)(H2,28,31,32)(H2,41,42,43)/t16-,20-,21-,22+,26-/m1/s1. The van der Waals surface area contributed by atoms with Crippen molar-refractivity contribution in [3.8, 4) is 0 Å². The number of fused-ring (bicyclic) bond motifs is 1. The Kier molecular flexibility index (Phi) is 17.4. The summed E-state index contributed by atoms with van der Waals surface area (Å²) in [6.45, 7) is 0.380. The third-order valence-electron chi connectivity index (χ3n) is 7.49. The van der Waals surface area contributed by atoms with E-state index in [1.165, 1.54) is 19.9 Å². The lowest BCUT2D eigenvalue weighted by atomic mass is 9.87. The third-order valence-corrected chi connectivity index (χ3v) is 11.5. The number of phosphoric ester groups is 3. The number of carbonyl (C=O) groups is 4. The maximum Gasteiger partial charge on any atom is 0.481 e. The van der Waals surface area contributed by atoms with Crippen molar-refractivity contribution in [3.63, 3.8) is 0 Å². The van der Waals surface area contributed by atoms with E-state index in [4.69, 9.17) is 19.5 Å². The second-order valence-electron chi connectivity index (χ2n) is 12.4. The number of hydrogen-bond acceptors (Lipinski definition) is 19. The number of nitrogens with zero attached hydrogens (tertiary/aromatic N) is 4. The molecule has 29 heteroatoms. The van der Waals surface area contributed by atoms with E-state index in [0.29, 0.717) is 18.5 Å². The average molecular weight is 878 g/mol. The van der Waals surface area contributed by atoms with E-state index in [1.807, 2.05) is 0 Å². The van der Waals surface area contributed by atoms with Crippen LogP contribution < -0.4 is 16.4 Å². The van der Waals surface area contributed by atoms with Crippen molar-refractivity contribution in [1.82, 2.24) is 30.2 Å². The van der Waals surface area contributed by atoms with E-state index in [2.05, 4.69) is 34.4 Å². The molecule has 3 heterocycles. The van der Waals surface area contributed by atoms with Crippen LogP contribution in [0.25, 0.3) is 11.2 Å². The lowest BCUT2D eigenvalue weighted by Crippen LogP contribution is -2.46. The molecule has 0 spiro atoms. The van der Waals surface area contributed by atoms with Gasteiger partial charge in [-0.05, 0) is 12.5 Å². The maximum absolute atomic E-state index is 12.7. The van der Waals surface area contributed by atoms with Crippen LogP contribution >= 0.6 is 35.2 Å². The van der Waals surface area contributed by atoms with E-state index in [0.717, 1.165) is 29.0 Å². The second kappa shape index (κ2) is 20.6. The second-order valence-corrected chi connectivity index (χ2v) is 17.8. The number of imidazole rings is 1. The number of anilines is 1. The Morgan fingerprint density at radius 2 is 1.77 bits per heavy atom. The number of carbonyl (C=O) groups excluding carboxylic acids is 4. The highest BCUT2D eigenvalue weighted by atomic mass is 32.2. The summed E-state index contributed by atoms with van der Waals surface area (Å²) in [5.41, 5.74) is 4.23. The summed E-state index contributed by atoms with van der Waals surface area (Å²) in [5, 5.41) is 26.2. The molecule has 25 nitrogen and oxygen atoms in total. The zero-order chi connectivity index (χ0) is 41.9. The zero-order valence-electron chi connectivity index (χ0n) is 29.6. The van der Waals surface area contributed by atoms with E-state index in [9.17, 15) is 62.7 Å². The third kappa shape index (κ3) is 14.7. The maximum atomic E-state index is 12.7. The van der Waals surface area contributed by atoms with Gasteiger partial charge in [-0.25, -0.2) is 28.6 Å². The SMILES string of the molecule is CC(C)(COP(=O)(O)OP(=O)(O)OC[C@H]1O[C@@H](n2cnc3c(N)ncnc32)[C@H](O)[C@@H]1OP(=O)(O)O)[C@@H](O)C(=O)NCCC(=O)NCCSC(=O)CCC=CC=O. The van der Waals surface area contributed by atoms with Crippen LogP contribution in [0.5, 0.6) is 0 Å². The summed E-state index contributed by atoms with van der Waals surface area (Å²) in [4.78, 5) is 97.4. The van der Waals surface area contributed by atoms with Gasteiger partial charge in [-0.2, -0.15) is 4.31 Å². The van der Waals surface area contributed by atoms with Crippen LogP contribution in [0, 0.1) is 5.41 Å². The molecule has 0 bridgehead atoms. The number of aliphatic hydroxyl groups excluding tert-OH is 2. The minimum absolute atomic E-state index is 0.0248. The van der Waals surface area contributed by atoms with E-state index in [-0.39, 0.29) is 48.0 Å². The number of rotatable bonds is 23. The number of amides is 2. The summed E-state index contributed by atoms with van der Waals surface area (Å²) < 4.78 is 62.0. The Bertz CT molecular complexity index is 1880. The summed E-state index contributed by atoms with van der Waals surface area (Å²) in [7, 11) is -16.4. The Morgan fingerprint density at radius 1 is 1.07 bits per heavy atom. The summed E-state index contributed by atoms with van der Waals surface area (Å²) in [6.07, 6.45) is -2.90. The van der Waals surface area contributed by atoms with Gasteiger partial charge in [0.15, 0.2) is 22.8 Å². The van der Waals surface area contributed by atoms with Gasteiger partial charge >= 0.3 is 23.5 Å². The smallest absolute Gasteiger partial charge is 0.386 e. The lowest BCUT2D eigenvalue weighted by molar-refractivity contribution is -0.137. The molecule has 0 saturated carbocycles. The van der Waals surface area contributed by atoms with Crippen molar-refractivity contribution >= 4 is 75.4 Å². The number of nitrogens with one attached hydrogen (secondary N) is 2. The predicted octanol–water partition coefficient (Wildman–Crippen LogP) is -0.800. The van der Waals surface area contributed by atoms with Crippen LogP contribution in [-0.4, -0.2) is 129 Å². The molecule has 1 aliphatic heterocycles.